The van der Waals surface area contributed by atoms with E-state index in [2.05, 4.69) is 5.32 Å². The van der Waals surface area contributed by atoms with Crippen LogP contribution in [0.3, 0.4) is 0 Å². The molecule has 1 rings (SSSR count). The van der Waals surface area contributed by atoms with Gasteiger partial charge in [0.05, 0.1) is 12.2 Å². The van der Waals surface area contributed by atoms with Gasteiger partial charge in [-0.15, -0.1) is 0 Å². The number of hydrogen-bond donors (Lipinski definition) is 2. The van der Waals surface area contributed by atoms with E-state index in [1.807, 2.05) is 13.8 Å². The third-order valence-corrected chi connectivity index (χ3v) is 2.79. The molecule has 0 saturated heterocycles. The van der Waals surface area contributed by atoms with Crippen molar-refractivity contribution in [1.29, 1.82) is 0 Å². The summed E-state index contributed by atoms with van der Waals surface area (Å²) < 4.78 is 13.4. The maximum atomic E-state index is 13.4. The molecule has 2 N–H and O–H groups in total. The zero-order valence-electron chi connectivity index (χ0n) is 12.3. The molecule has 0 saturated carbocycles. The fourth-order valence-corrected chi connectivity index (χ4v) is 1.98. The summed E-state index contributed by atoms with van der Waals surface area (Å²) in [5, 5.41) is 11.3. The number of nitrogens with zero attached hydrogens (tertiary/aromatic N) is 1. The van der Waals surface area contributed by atoms with Crippen molar-refractivity contribution < 1.29 is 19.1 Å². The monoisotopic (exact) mass is 296 g/mol. The molecular weight excluding hydrogens is 275 g/mol. The van der Waals surface area contributed by atoms with Crippen LogP contribution in [0.25, 0.3) is 0 Å². The van der Waals surface area contributed by atoms with Crippen LogP contribution < -0.4 is 5.32 Å². The lowest BCUT2D eigenvalue weighted by molar-refractivity contribution is -0.138. The first-order chi connectivity index (χ1) is 9.88. The van der Waals surface area contributed by atoms with E-state index in [1.54, 1.807) is 17.0 Å². The molecule has 0 aromatic heterocycles. The Labute approximate surface area is 123 Å². The van der Waals surface area contributed by atoms with Crippen molar-refractivity contribution in [2.24, 2.45) is 5.92 Å². The second kappa shape index (κ2) is 8.36. The number of carbonyl (C=O) groups excluding carboxylic acids is 1. The van der Waals surface area contributed by atoms with E-state index in [0.717, 1.165) is 0 Å². The molecule has 0 aliphatic heterocycles. The van der Waals surface area contributed by atoms with E-state index in [-0.39, 0.29) is 24.6 Å². The van der Waals surface area contributed by atoms with Crippen molar-refractivity contribution in [2.75, 3.05) is 25.0 Å². The highest BCUT2D eigenvalue weighted by molar-refractivity contribution is 5.90. The molecule has 6 heteroatoms. The summed E-state index contributed by atoms with van der Waals surface area (Å²) in [5.41, 5.74) is 0.135. The molecule has 0 radical (unpaired) electrons. The summed E-state index contributed by atoms with van der Waals surface area (Å²) in [6, 6.07) is 5.93. The molecule has 0 fully saturated rings. The molecule has 0 aliphatic rings. The molecule has 0 aliphatic carbocycles. The molecule has 0 bridgehead atoms. The van der Waals surface area contributed by atoms with Crippen LogP contribution in [-0.2, 0) is 9.59 Å². The largest absolute Gasteiger partial charge is 0.480 e. The standard InChI is InChI=1S/C15H21FN2O3/c1-11(2)9-18(10-15(20)21)8-7-14(19)17-13-6-4-3-5-12(13)16/h3-6,11H,7-10H2,1-2H3,(H,17,19)(H,20,21). The molecule has 1 aromatic carbocycles. The number of nitrogens with one attached hydrogen (secondary N) is 1. The lowest BCUT2D eigenvalue weighted by atomic mass is 10.2. The topological polar surface area (TPSA) is 69.6 Å². The van der Waals surface area contributed by atoms with Crippen molar-refractivity contribution in [3.63, 3.8) is 0 Å². The Morgan fingerprint density at radius 3 is 2.57 bits per heavy atom. The Balaban J connectivity index is 2.49. The van der Waals surface area contributed by atoms with Gasteiger partial charge in [-0.25, -0.2) is 4.39 Å². The third-order valence-electron chi connectivity index (χ3n) is 2.79. The van der Waals surface area contributed by atoms with Crippen LogP contribution in [0.5, 0.6) is 0 Å². The fourth-order valence-electron chi connectivity index (χ4n) is 1.98. The summed E-state index contributed by atoms with van der Waals surface area (Å²) in [6.45, 7) is 4.78. The Kier molecular flexibility index (Phi) is 6.81. The summed E-state index contributed by atoms with van der Waals surface area (Å²) in [7, 11) is 0. The Morgan fingerprint density at radius 2 is 2.00 bits per heavy atom. The van der Waals surface area contributed by atoms with Crippen molar-refractivity contribution in [3.8, 4) is 0 Å². The van der Waals surface area contributed by atoms with Crippen LogP contribution in [0, 0.1) is 11.7 Å². The first-order valence-corrected chi connectivity index (χ1v) is 6.87. The van der Waals surface area contributed by atoms with Gasteiger partial charge in [-0.2, -0.15) is 0 Å². The molecule has 1 aromatic rings. The van der Waals surface area contributed by atoms with Gasteiger partial charge in [-0.3, -0.25) is 14.5 Å². The number of benzene rings is 1. The second-order valence-electron chi connectivity index (χ2n) is 5.30. The van der Waals surface area contributed by atoms with E-state index < -0.39 is 11.8 Å². The number of aliphatic carboxylic acids is 1. The number of anilines is 1. The maximum absolute atomic E-state index is 13.4. The van der Waals surface area contributed by atoms with Crippen molar-refractivity contribution in [1.82, 2.24) is 4.90 Å². The Bertz CT molecular complexity index is 492. The predicted octanol–water partition coefficient (Wildman–Crippen LogP) is 2.20. The molecule has 0 spiro atoms. The van der Waals surface area contributed by atoms with Crippen LogP contribution >= 0.6 is 0 Å². The normalized spacial score (nSPS) is 10.9. The van der Waals surface area contributed by atoms with Gasteiger partial charge < -0.3 is 10.4 Å². The van der Waals surface area contributed by atoms with Gasteiger partial charge in [0.1, 0.15) is 5.82 Å². The number of hydrogen-bond acceptors (Lipinski definition) is 3. The predicted molar refractivity (Wildman–Crippen MR) is 78.6 cm³/mol. The van der Waals surface area contributed by atoms with Crippen molar-refractivity contribution in [3.05, 3.63) is 30.1 Å². The number of rotatable bonds is 8. The van der Waals surface area contributed by atoms with E-state index in [9.17, 15) is 14.0 Å². The molecule has 21 heavy (non-hydrogen) atoms. The molecular formula is C15H21FN2O3. The summed E-state index contributed by atoms with van der Waals surface area (Å²) >= 11 is 0. The second-order valence-corrected chi connectivity index (χ2v) is 5.30. The summed E-state index contributed by atoms with van der Waals surface area (Å²) in [4.78, 5) is 24.3. The maximum Gasteiger partial charge on any atom is 0.317 e. The minimum absolute atomic E-state index is 0.106. The molecule has 5 nitrogen and oxygen atoms in total. The van der Waals surface area contributed by atoms with Crippen LogP contribution in [0.4, 0.5) is 10.1 Å². The highest BCUT2D eigenvalue weighted by atomic mass is 19.1. The number of carboxylic acids is 1. The van der Waals surface area contributed by atoms with Gasteiger partial charge in [0.15, 0.2) is 0 Å². The zero-order valence-corrected chi connectivity index (χ0v) is 12.3. The van der Waals surface area contributed by atoms with Gasteiger partial charge >= 0.3 is 5.97 Å². The van der Waals surface area contributed by atoms with Gasteiger partial charge in [0.25, 0.3) is 0 Å². The molecule has 0 heterocycles. The summed E-state index contributed by atoms with van der Waals surface area (Å²) in [5.74, 6) is -1.45. The average molecular weight is 296 g/mol. The number of halogens is 1. The van der Waals surface area contributed by atoms with E-state index in [0.29, 0.717) is 19.0 Å². The minimum atomic E-state index is -0.926. The molecule has 0 unspecified atom stereocenters. The molecule has 1 amide bonds. The van der Waals surface area contributed by atoms with Gasteiger partial charge in [0, 0.05) is 19.5 Å². The number of carbonyl (C=O) groups is 2. The highest BCUT2D eigenvalue weighted by Gasteiger charge is 2.14. The van der Waals surface area contributed by atoms with Gasteiger partial charge in [-0.1, -0.05) is 26.0 Å². The lowest BCUT2D eigenvalue weighted by Gasteiger charge is -2.21. The van der Waals surface area contributed by atoms with Crippen LogP contribution in [0.15, 0.2) is 24.3 Å². The average Bonchev–Trinajstić information content (AvgIpc) is 2.37. The number of carboxylic acid groups (broad SMARTS) is 1. The third kappa shape index (κ3) is 6.85. The van der Waals surface area contributed by atoms with E-state index in [4.69, 9.17) is 5.11 Å². The summed E-state index contributed by atoms with van der Waals surface area (Å²) in [6.07, 6.45) is 0.119. The van der Waals surface area contributed by atoms with E-state index >= 15 is 0 Å². The SMILES string of the molecule is CC(C)CN(CCC(=O)Nc1ccccc1F)CC(=O)O. The zero-order chi connectivity index (χ0) is 15.8. The fraction of sp³-hybridized carbons (Fsp3) is 0.467. The van der Waals surface area contributed by atoms with E-state index in [1.165, 1.54) is 12.1 Å². The van der Waals surface area contributed by atoms with Crippen molar-refractivity contribution in [2.45, 2.75) is 20.3 Å². The van der Waals surface area contributed by atoms with Crippen LogP contribution in [0.1, 0.15) is 20.3 Å². The molecule has 116 valence electrons. The number of amides is 1. The first kappa shape index (κ1) is 17.1. The Morgan fingerprint density at radius 1 is 1.33 bits per heavy atom. The van der Waals surface area contributed by atoms with Crippen LogP contribution in [0.2, 0.25) is 0 Å². The van der Waals surface area contributed by atoms with Gasteiger partial charge in [-0.05, 0) is 18.1 Å². The van der Waals surface area contributed by atoms with Crippen molar-refractivity contribution >= 4 is 17.6 Å². The smallest absolute Gasteiger partial charge is 0.317 e. The highest BCUT2D eigenvalue weighted by Crippen LogP contribution is 2.12. The Hall–Kier alpha value is -1.95. The number of para-hydroxylation sites is 1. The van der Waals surface area contributed by atoms with Crippen LogP contribution in [-0.4, -0.2) is 41.5 Å². The quantitative estimate of drug-likeness (QED) is 0.771. The minimum Gasteiger partial charge on any atom is -0.480 e. The molecule has 0 atom stereocenters. The first-order valence-electron chi connectivity index (χ1n) is 6.87. The van der Waals surface area contributed by atoms with Gasteiger partial charge in [0.2, 0.25) is 5.91 Å². The lowest BCUT2D eigenvalue weighted by Crippen LogP contribution is -2.35.